The lowest BCUT2D eigenvalue weighted by atomic mass is 9.94. The van der Waals surface area contributed by atoms with Gasteiger partial charge in [0, 0.05) is 26.6 Å². The number of carbonyl (C=O) groups is 2. The number of hydrogen-bond acceptors (Lipinski definition) is 3. The summed E-state index contributed by atoms with van der Waals surface area (Å²) in [5, 5.41) is 20.3. The van der Waals surface area contributed by atoms with Crippen molar-refractivity contribution >= 4 is 12.0 Å². The van der Waals surface area contributed by atoms with Gasteiger partial charge in [0.25, 0.3) is 0 Å². The average molecular weight is 297 g/mol. The number of carboxylic acid groups (broad SMARTS) is 1. The van der Waals surface area contributed by atoms with Gasteiger partial charge in [0.2, 0.25) is 0 Å². The normalized spacial score (nSPS) is 13.0. The Labute approximate surface area is 127 Å². The van der Waals surface area contributed by atoms with Crippen LogP contribution < -0.4 is 5.32 Å². The van der Waals surface area contributed by atoms with Gasteiger partial charge in [0.1, 0.15) is 0 Å². The van der Waals surface area contributed by atoms with Crippen LogP contribution in [0.25, 0.3) is 0 Å². The lowest BCUT2D eigenvalue weighted by molar-refractivity contribution is -0.137. The van der Waals surface area contributed by atoms with E-state index in [0.29, 0.717) is 25.4 Å². The second-order valence-corrected chi connectivity index (χ2v) is 5.52. The SMILES string of the molecule is CCCC(CCNC(=O)N(C)CC(C)C#N)CCC(=O)O. The minimum atomic E-state index is -0.773. The highest BCUT2D eigenvalue weighted by atomic mass is 16.4. The van der Waals surface area contributed by atoms with E-state index in [1.807, 2.05) is 0 Å². The molecule has 6 nitrogen and oxygen atoms in total. The van der Waals surface area contributed by atoms with Crippen LogP contribution in [0.2, 0.25) is 0 Å². The molecule has 2 atom stereocenters. The van der Waals surface area contributed by atoms with Gasteiger partial charge < -0.3 is 15.3 Å². The van der Waals surface area contributed by atoms with Crippen molar-refractivity contribution in [2.24, 2.45) is 11.8 Å². The first-order valence-electron chi connectivity index (χ1n) is 7.51. The number of carbonyl (C=O) groups excluding carboxylic acids is 1. The predicted octanol–water partition coefficient (Wildman–Crippen LogP) is 2.46. The second kappa shape index (κ2) is 11.0. The third-order valence-electron chi connectivity index (χ3n) is 3.41. The number of urea groups is 1. The van der Waals surface area contributed by atoms with Crippen molar-refractivity contribution in [3.05, 3.63) is 0 Å². The molecular formula is C15H27N3O3. The molecule has 6 heteroatoms. The molecule has 0 aromatic carbocycles. The molecule has 0 fully saturated rings. The molecule has 0 aliphatic carbocycles. The largest absolute Gasteiger partial charge is 0.481 e. The van der Waals surface area contributed by atoms with E-state index in [9.17, 15) is 9.59 Å². The third-order valence-corrected chi connectivity index (χ3v) is 3.41. The molecule has 120 valence electrons. The van der Waals surface area contributed by atoms with Crippen LogP contribution in [-0.4, -0.2) is 42.1 Å². The van der Waals surface area contributed by atoms with Crippen LogP contribution in [0.15, 0.2) is 0 Å². The summed E-state index contributed by atoms with van der Waals surface area (Å²) < 4.78 is 0. The zero-order valence-electron chi connectivity index (χ0n) is 13.3. The minimum Gasteiger partial charge on any atom is -0.481 e. The molecule has 2 unspecified atom stereocenters. The van der Waals surface area contributed by atoms with Crippen molar-refractivity contribution in [1.29, 1.82) is 5.26 Å². The van der Waals surface area contributed by atoms with E-state index in [-0.39, 0.29) is 18.4 Å². The number of amides is 2. The Kier molecular flexibility index (Phi) is 10.0. The van der Waals surface area contributed by atoms with Crippen molar-refractivity contribution in [3.8, 4) is 6.07 Å². The van der Waals surface area contributed by atoms with Crippen LogP contribution >= 0.6 is 0 Å². The molecule has 0 saturated heterocycles. The molecule has 0 aliphatic rings. The molecular weight excluding hydrogens is 270 g/mol. The summed E-state index contributed by atoms with van der Waals surface area (Å²) in [5.74, 6) is -0.635. The number of rotatable bonds is 10. The van der Waals surface area contributed by atoms with Gasteiger partial charge in [0.15, 0.2) is 0 Å². The molecule has 2 N–H and O–H groups in total. The lowest BCUT2D eigenvalue weighted by Gasteiger charge is -2.20. The van der Waals surface area contributed by atoms with E-state index in [4.69, 9.17) is 10.4 Å². The summed E-state index contributed by atoms with van der Waals surface area (Å²) in [7, 11) is 1.66. The molecule has 2 amide bonds. The minimum absolute atomic E-state index is 0.179. The fraction of sp³-hybridized carbons (Fsp3) is 0.800. The lowest BCUT2D eigenvalue weighted by Crippen LogP contribution is -2.40. The fourth-order valence-electron chi connectivity index (χ4n) is 2.22. The maximum atomic E-state index is 11.8. The Morgan fingerprint density at radius 1 is 1.33 bits per heavy atom. The first kappa shape index (κ1) is 19.2. The summed E-state index contributed by atoms with van der Waals surface area (Å²) in [6.45, 7) is 4.78. The van der Waals surface area contributed by atoms with Crippen molar-refractivity contribution in [2.75, 3.05) is 20.1 Å². The number of nitrogens with one attached hydrogen (secondary N) is 1. The molecule has 0 aromatic heterocycles. The van der Waals surface area contributed by atoms with E-state index < -0.39 is 5.97 Å². The van der Waals surface area contributed by atoms with E-state index >= 15 is 0 Å². The first-order valence-corrected chi connectivity index (χ1v) is 7.51. The van der Waals surface area contributed by atoms with Gasteiger partial charge in [-0.25, -0.2) is 4.79 Å². The Bertz CT molecular complexity index is 366. The average Bonchev–Trinajstić information content (AvgIpc) is 2.44. The van der Waals surface area contributed by atoms with Gasteiger partial charge in [0.05, 0.1) is 12.0 Å². The van der Waals surface area contributed by atoms with Crippen LogP contribution in [0.5, 0.6) is 0 Å². The molecule has 0 radical (unpaired) electrons. The maximum Gasteiger partial charge on any atom is 0.317 e. The second-order valence-electron chi connectivity index (χ2n) is 5.52. The molecule has 0 rings (SSSR count). The number of aliphatic carboxylic acids is 1. The smallest absolute Gasteiger partial charge is 0.317 e. The van der Waals surface area contributed by atoms with Crippen LogP contribution in [0.4, 0.5) is 4.79 Å². The van der Waals surface area contributed by atoms with Gasteiger partial charge in [-0.05, 0) is 25.7 Å². The Hall–Kier alpha value is -1.77. The van der Waals surface area contributed by atoms with Crippen LogP contribution in [-0.2, 0) is 4.79 Å². The molecule has 0 heterocycles. The van der Waals surface area contributed by atoms with Gasteiger partial charge in [-0.2, -0.15) is 5.26 Å². The number of nitriles is 1. The number of nitrogens with zero attached hydrogens (tertiary/aromatic N) is 2. The maximum absolute atomic E-state index is 11.8. The highest BCUT2D eigenvalue weighted by Crippen LogP contribution is 2.17. The van der Waals surface area contributed by atoms with Crippen molar-refractivity contribution in [3.63, 3.8) is 0 Å². The highest BCUT2D eigenvalue weighted by Gasteiger charge is 2.13. The monoisotopic (exact) mass is 297 g/mol. The molecule has 0 saturated carbocycles. The highest BCUT2D eigenvalue weighted by molar-refractivity contribution is 5.73. The van der Waals surface area contributed by atoms with Crippen LogP contribution in [0.1, 0.15) is 46.0 Å². The van der Waals surface area contributed by atoms with Gasteiger partial charge in [-0.15, -0.1) is 0 Å². The zero-order valence-corrected chi connectivity index (χ0v) is 13.3. The van der Waals surface area contributed by atoms with Crippen molar-refractivity contribution < 1.29 is 14.7 Å². The third kappa shape index (κ3) is 9.72. The Morgan fingerprint density at radius 2 is 2.00 bits per heavy atom. The van der Waals surface area contributed by atoms with Crippen molar-refractivity contribution in [2.45, 2.75) is 46.0 Å². The first-order chi connectivity index (χ1) is 9.90. The molecule has 0 aromatic rings. The summed E-state index contributed by atoms with van der Waals surface area (Å²) in [5.41, 5.74) is 0. The summed E-state index contributed by atoms with van der Waals surface area (Å²) in [4.78, 5) is 23.9. The van der Waals surface area contributed by atoms with Gasteiger partial charge in [-0.1, -0.05) is 19.8 Å². The fourth-order valence-corrected chi connectivity index (χ4v) is 2.22. The van der Waals surface area contributed by atoms with Gasteiger partial charge in [-0.3, -0.25) is 4.79 Å². The molecule has 0 spiro atoms. The van der Waals surface area contributed by atoms with Crippen LogP contribution in [0, 0.1) is 23.2 Å². The van der Waals surface area contributed by atoms with E-state index in [1.54, 1.807) is 14.0 Å². The topological polar surface area (TPSA) is 93.4 Å². The summed E-state index contributed by atoms with van der Waals surface area (Å²) in [6, 6.07) is 1.90. The van der Waals surface area contributed by atoms with E-state index in [0.717, 1.165) is 19.3 Å². The zero-order chi connectivity index (χ0) is 16.3. The quantitative estimate of drug-likeness (QED) is 0.647. The summed E-state index contributed by atoms with van der Waals surface area (Å²) in [6.07, 6.45) is 3.61. The van der Waals surface area contributed by atoms with E-state index in [2.05, 4.69) is 18.3 Å². The van der Waals surface area contributed by atoms with Crippen molar-refractivity contribution in [1.82, 2.24) is 10.2 Å². The predicted molar refractivity (Wildman–Crippen MR) is 80.7 cm³/mol. The van der Waals surface area contributed by atoms with E-state index in [1.165, 1.54) is 4.90 Å². The standard InChI is InChI=1S/C15H27N3O3/c1-4-5-13(6-7-14(19)20)8-9-17-15(21)18(3)11-12(2)10-16/h12-13H,4-9,11H2,1-3H3,(H,17,21)(H,19,20). The summed E-state index contributed by atoms with van der Waals surface area (Å²) >= 11 is 0. The number of carboxylic acids is 1. The Morgan fingerprint density at radius 3 is 2.52 bits per heavy atom. The van der Waals surface area contributed by atoms with Crippen LogP contribution in [0.3, 0.4) is 0 Å². The Balaban J connectivity index is 4.04. The molecule has 21 heavy (non-hydrogen) atoms. The molecule has 0 aliphatic heterocycles. The number of hydrogen-bond donors (Lipinski definition) is 2. The van der Waals surface area contributed by atoms with Gasteiger partial charge >= 0.3 is 12.0 Å². The molecule has 0 bridgehead atoms.